The Hall–Kier alpha value is -3.40. The fourth-order valence-corrected chi connectivity index (χ4v) is 2.94. The second kappa shape index (κ2) is 6.61. The molecule has 0 fully saturated rings. The molecule has 0 aliphatic carbocycles. The van der Waals surface area contributed by atoms with E-state index in [-0.39, 0.29) is 11.8 Å². The number of anilines is 1. The molecule has 4 heteroatoms. The molecule has 0 saturated heterocycles. The number of para-hydroxylation sites is 1. The molecule has 0 aliphatic heterocycles. The van der Waals surface area contributed by atoms with Gasteiger partial charge >= 0.3 is 0 Å². The van der Waals surface area contributed by atoms with E-state index in [0.717, 1.165) is 22.3 Å². The van der Waals surface area contributed by atoms with Crippen molar-refractivity contribution in [2.45, 2.75) is 6.04 Å². The van der Waals surface area contributed by atoms with Crippen molar-refractivity contribution < 1.29 is 5.11 Å². The van der Waals surface area contributed by atoms with Gasteiger partial charge in [-0.1, -0.05) is 42.5 Å². The van der Waals surface area contributed by atoms with E-state index >= 15 is 0 Å². The van der Waals surface area contributed by atoms with Crippen molar-refractivity contribution in [1.29, 1.82) is 0 Å². The van der Waals surface area contributed by atoms with Crippen LogP contribution in [0.1, 0.15) is 17.3 Å². The van der Waals surface area contributed by atoms with Gasteiger partial charge in [0.1, 0.15) is 11.3 Å². The zero-order valence-corrected chi connectivity index (χ0v) is 13.5. The van der Waals surface area contributed by atoms with Gasteiger partial charge in [-0.05, 0) is 30.3 Å². The van der Waals surface area contributed by atoms with Crippen LogP contribution in [0.4, 0.5) is 5.69 Å². The average molecular weight is 327 g/mol. The van der Waals surface area contributed by atoms with E-state index in [2.05, 4.69) is 15.3 Å². The number of phenolic OH excluding ortho intramolecular Hbond substituents is 1. The van der Waals surface area contributed by atoms with Crippen molar-refractivity contribution in [3.63, 3.8) is 0 Å². The first kappa shape index (κ1) is 15.1. The van der Waals surface area contributed by atoms with E-state index in [4.69, 9.17) is 0 Å². The lowest BCUT2D eigenvalue weighted by atomic mass is 9.99. The summed E-state index contributed by atoms with van der Waals surface area (Å²) in [4.78, 5) is 8.81. The van der Waals surface area contributed by atoms with Crippen molar-refractivity contribution in [1.82, 2.24) is 9.97 Å². The number of hydrogen-bond acceptors (Lipinski definition) is 4. The Morgan fingerprint density at radius 2 is 1.56 bits per heavy atom. The van der Waals surface area contributed by atoms with Gasteiger partial charge in [-0.3, -0.25) is 9.97 Å². The Balaban J connectivity index is 1.85. The molecule has 1 atom stereocenters. The van der Waals surface area contributed by atoms with Crippen LogP contribution >= 0.6 is 0 Å². The van der Waals surface area contributed by atoms with Crippen molar-refractivity contribution >= 4 is 16.6 Å². The van der Waals surface area contributed by atoms with Crippen molar-refractivity contribution in [2.24, 2.45) is 0 Å². The summed E-state index contributed by atoms with van der Waals surface area (Å²) in [5, 5.41) is 15.2. The predicted octanol–water partition coefficient (Wildman–Crippen LogP) is 4.54. The number of nitrogens with one attached hydrogen (secondary N) is 1. The topological polar surface area (TPSA) is 58.0 Å². The number of phenols is 1. The number of aromatic nitrogens is 2. The molecule has 2 aromatic carbocycles. The lowest BCUT2D eigenvalue weighted by Crippen LogP contribution is -2.14. The predicted molar refractivity (Wildman–Crippen MR) is 99.6 cm³/mol. The Bertz CT molecular complexity index is 988. The van der Waals surface area contributed by atoms with Gasteiger partial charge in [-0.25, -0.2) is 0 Å². The molecule has 0 radical (unpaired) electrons. The summed E-state index contributed by atoms with van der Waals surface area (Å²) < 4.78 is 0. The number of pyridine rings is 2. The molecule has 1 unspecified atom stereocenters. The normalized spacial score (nSPS) is 12.0. The van der Waals surface area contributed by atoms with E-state index in [1.807, 2.05) is 72.8 Å². The summed E-state index contributed by atoms with van der Waals surface area (Å²) >= 11 is 0. The highest BCUT2D eigenvalue weighted by atomic mass is 16.3. The minimum absolute atomic E-state index is 0.178. The summed E-state index contributed by atoms with van der Waals surface area (Å²) in [7, 11) is 0. The van der Waals surface area contributed by atoms with Gasteiger partial charge in [0.05, 0.1) is 11.7 Å². The SMILES string of the molecule is Oc1c(C(Nc2ccccc2)c2ccccn2)ccc2cccnc12. The first-order valence-corrected chi connectivity index (χ1v) is 8.12. The number of hydrogen-bond donors (Lipinski definition) is 2. The van der Waals surface area contributed by atoms with Crippen LogP contribution in [0.2, 0.25) is 0 Å². The molecule has 2 N–H and O–H groups in total. The lowest BCUT2D eigenvalue weighted by Gasteiger charge is -2.21. The van der Waals surface area contributed by atoms with Crippen molar-refractivity contribution in [2.75, 3.05) is 5.32 Å². The largest absolute Gasteiger partial charge is 0.505 e. The third kappa shape index (κ3) is 3.02. The van der Waals surface area contributed by atoms with Crippen LogP contribution < -0.4 is 5.32 Å². The maximum Gasteiger partial charge on any atom is 0.147 e. The van der Waals surface area contributed by atoms with Gasteiger partial charge in [-0.2, -0.15) is 0 Å². The molecule has 0 spiro atoms. The summed E-state index contributed by atoms with van der Waals surface area (Å²) in [6.07, 6.45) is 3.44. The molecule has 0 bridgehead atoms. The van der Waals surface area contributed by atoms with E-state index in [0.29, 0.717) is 5.52 Å². The lowest BCUT2D eigenvalue weighted by molar-refractivity contribution is 0.471. The molecule has 0 aliphatic rings. The second-order valence-electron chi connectivity index (χ2n) is 5.78. The first-order valence-electron chi connectivity index (χ1n) is 8.12. The van der Waals surface area contributed by atoms with Crippen LogP contribution in [-0.2, 0) is 0 Å². The smallest absolute Gasteiger partial charge is 0.147 e. The molecular weight excluding hydrogens is 310 g/mol. The third-order valence-corrected chi connectivity index (χ3v) is 4.16. The van der Waals surface area contributed by atoms with Gasteiger partial charge in [0, 0.05) is 29.0 Å². The number of rotatable bonds is 4. The molecule has 0 amide bonds. The third-order valence-electron chi connectivity index (χ3n) is 4.16. The summed E-state index contributed by atoms with van der Waals surface area (Å²) in [6, 6.07) is 23.1. The zero-order chi connectivity index (χ0) is 17.1. The standard InChI is InChI=1S/C21H17N3O/c25-21-17(12-11-15-7-6-14-23-19(15)21)20(18-10-4-5-13-22-18)24-16-8-2-1-3-9-16/h1-14,20,24-25H. The van der Waals surface area contributed by atoms with Crippen LogP contribution in [0, 0.1) is 0 Å². The molecule has 2 heterocycles. The minimum atomic E-state index is -0.282. The first-order chi connectivity index (χ1) is 12.3. The fourth-order valence-electron chi connectivity index (χ4n) is 2.94. The van der Waals surface area contributed by atoms with Crippen molar-refractivity contribution in [3.05, 3.63) is 96.4 Å². The van der Waals surface area contributed by atoms with Gasteiger partial charge < -0.3 is 10.4 Å². The average Bonchev–Trinajstić information content (AvgIpc) is 2.69. The highest BCUT2D eigenvalue weighted by molar-refractivity contribution is 5.85. The molecule has 4 aromatic rings. The van der Waals surface area contributed by atoms with Gasteiger partial charge in [-0.15, -0.1) is 0 Å². The molecule has 122 valence electrons. The zero-order valence-electron chi connectivity index (χ0n) is 13.5. The monoisotopic (exact) mass is 327 g/mol. The molecule has 4 nitrogen and oxygen atoms in total. The van der Waals surface area contributed by atoms with Crippen LogP contribution in [-0.4, -0.2) is 15.1 Å². The Morgan fingerprint density at radius 3 is 2.36 bits per heavy atom. The van der Waals surface area contributed by atoms with Crippen LogP contribution in [0.15, 0.2) is 85.2 Å². The fraction of sp³-hybridized carbons (Fsp3) is 0.0476. The van der Waals surface area contributed by atoms with Gasteiger partial charge in [0.15, 0.2) is 0 Å². The highest BCUT2D eigenvalue weighted by Gasteiger charge is 2.20. The van der Waals surface area contributed by atoms with Crippen LogP contribution in [0.3, 0.4) is 0 Å². The Morgan fingerprint density at radius 1 is 0.760 bits per heavy atom. The Labute approximate surface area is 145 Å². The van der Waals surface area contributed by atoms with Gasteiger partial charge in [0.25, 0.3) is 0 Å². The molecule has 0 saturated carbocycles. The maximum absolute atomic E-state index is 10.8. The molecule has 25 heavy (non-hydrogen) atoms. The van der Waals surface area contributed by atoms with E-state index < -0.39 is 0 Å². The van der Waals surface area contributed by atoms with Crippen LogP contribution in [0.25, 0.3) is 10.9 Å². The quantitative estimate of drug-likeness (QED) is 0.578. The van der Waals surface area contributed by atoms with E-state index in [9.17, 15) is 5.11 Å². The number of aromatic hydroxyl groups is 1. The molecule has 4 rings (SSSR count). The number of fused-ring (bicyclic) bond motifs is 1. The number of nitrogens with zero attached hydrogens (tertiary/aromatic N) is 2. The highest BCUT2D eigenvalue weighted by Crippen LogP contribution is 2.35. The van der Waals surface area contributed by atoms with Crippen LogP contribution in [0.5, 0.6) is 5.75 Å². The molecule has 2 aromatic heterocycles. The maximum atomic E-state index is 10.8. The minimum Gasteiger partial charge on any atom is -0.505 e. The van der Waals surface area contributed by atoms with E-state index in [1.54, 1.807) is 12.4 Å². The Kier molecular flexibility index (Phi) is 4.01. The summed E-state index contributed by atoms with van der Waals surface area (Å²) in [6.45, 7) is 0. The second-order valence-corrected chi connectivity index (χ2v) is 5.78. The van der Waals surface area contributed by atoms with E-state index in [1.165, 1.54) is 0 Å². The van der Waals surface area contributed by atoms with Gasteiger partial charge in [0.2, 0.25) is 0 Å². The molecular formula is C21H17N3O. The number of benzene rings is 2. The van der Waals surface area contributed by atoms with Crippen molar-refractivity contribution in [3.8, 4) is 5.75 Å². The summed E-state index contributed by atoms with van der Waals surface area (Å²) in [5.41, 5.74) is 3.13. The summed E-state index contributed by atoms with van der Waals surface area (Å²) in [5.74, 6) is 0.178.